The van der Waals surface area contributed by atoms with Crippen molar-refractivity contribution in [3.8, 4) is 23.0 Å². The van der Waals surface area contributed by atoms with Gasteiger partial charge in [0.2, 0.25) is 0 Å². The fourth-order valence-corrected chi connectivity index (χ4v) is 3.51. The van der Waals surface area contributed by atoms with Gasteiger partial charge in [0.05, 0.1) is 25.6 Å². The van der Waals surface area contributed by atoms with Crippen LogP contribution >= 0.6 is 24.4 Å². The molecule has 198 valence electrons. The molecule has 0 unspecified atom stereocenters. The van der Waals surface area contributed by atoms with Crippen LogP contribution in [0.3, 0.4) is 0 Å². The maximum atomic E-state index is 12.2. The first-order chi connectivity index (χ1) is 18.4. The molecule has 0 aliphatic carbocycles. The first-order valence-corrected chi connectivity index (χ1v) is 12.0. The molecule has 3 aromatic rings. The van der Waals surface area contributed by atoms with Crippen LogP contribution in [0.1, 0.15) is 0 Å². The molecule has 0 fully saturated rings. The first-order valence-electron chi connectivity index (χ1n) is 11.2. The van der Waals surface area contributed by atoms with Crippen LogP contribution in [0.5, 0.6) is 23.0 Å². The van der Waals surface area contributed by atoms with Crippen LogP contribution in [0.25, 0.3) is 0 Å². The van der Waals surface area contributed by atoms with E-state index < -0.39 is 11.8 Å². The number of benzene rings is 3. The van der Waals surface area contributed by atoms with E-state index in [1.54, 1.807) is 62.8 Å². The van der Waals surface area contributed by atoms with Crippen LogP contribution in [0.2, 0.25) is 0 Å². The Hall–Kier alpha value is -4.42. The Morgan fingerprint density at radius 3 is 1.37 bits per heavy atom. The van der Waals surface area contributed by atoms with Crippen LogP contribution < -0.4 is 40.2 Å². The lowest BCUT2D eigenvalue weighted by Gasteiger charge is -2.13. The van der Waals surface area contributed by atoms with Crippen LogP contribution in [-0.4, -0.2) is 49.5 Å². The van der Waals surface area contributed by atoms with Crippen molar-refractivity contribution in [3.63, 3.8) is 0 Å². The van der Waals surface area contributed by atoms with E-state index in [0.29, 0.717) is 34.4 Å². The molecule has 0 atom stereocenters. The third kappa shape index (κ3) is 8.91. The van der Waals surface area contributed by atoms with E-state index in [1.165, 1.54) is 0 Å². The second kappa shape index (κ2) is 14.4. The van der Waals surface area contributed by atoms with Crippen molar-refractivity contribution in [2.45, 2.75) is 0 Å². The Morgan fingerprint density at radius 2 is 1.00 bits per heavy atom. The minimum atomic E-state index is -0.438. The second-order valence-corrected chi connectivity index (χ2v) is 8.27. The lowest BCUT2D eigenvalue weighted by molar-refractivity contribution is -0.122. The molecule has 38 heavy (non-hydrogen) atoms. The van der Waals surface area contributed by atoms with Gasteiger partial charge in [-0.1, -0.05) is 24.3 Å². The van der Waals surface area contributed by atoms with Gasteiger partial charge in [-0.2, -0.15) is 0 Å². The van der Waals surface area contributed by atoms with E-state index in [9.17, 15) is 9.59 Å². The largest absolute Gasteiger partial charge is 0.495 e. The van der Waals surface area contributed by atoms with Gasteiger partial charge in [-0.15, -0.1) is 0 Å². The number of amides is 2. The molecule has 0 aromatic heterocycles. The summed E-state index contributed by atoms with van der Waals surface area (Å²) >= 11 is 10.3. The van der Waals surface area contributed by atoms with Gasteiger partial charge in [-0.25, -0.2) is 0 Å². The fraction of sp³-hybridized carbons (Fsp3) is 0.154. The van der Waals surface area contributed by atoms with Gasteiger partial charge in [0.25, 0.3) is 11.8 Å². The summed E-state index contributed by atoms with van der Waals surface area (Å²) in [6.45, 7) is -0.514. The number of carbonyl (C=O) groups is 2. The van der Waals surface area contributed by atoms with Crippen LogP contribution in [0.4, 0.5) is 11.4 Å². The third-order valence-electron chi connectivity index (χ3n) is 4.78. The standard InChI is InChI=1S/C26H26N4O6S2/c1-33-21-9-5-3-7-19(21)27-25(37)29-23(31)15-35-17-11-13-18(14-12-17)36-16-24(32)30-26(38)28-20-8-4-6-10-22(20)34-2/h3-14H,15-16H2,1-2H3,(H2,27,29,31,37)(H2,28,30,32,38). The van der Waals surface area contributed by atoms with E-state index >= 15 is 0 Å². The molecule has 3 aromatic carbocycles. The normalized spacial score (nSPS) is 9.95. The monoisotopic (exact) mass is 554 g/mol. The van der Waals surface area contributed by atoms with Crippen molar-refractivity contribution in [2.75, 3.05) is 38.1 Å². The number of nitrogens with one attached hydrogen (secondary N) is 4. The van der Waals surface area contributed by atoms with Gasteiger partial charge in [-0.3, -0.25) is 20.2 Å². The van der Waals surface area contributed by atoms with Crippen LogP contribution in [0, 0.1) is 0 Å². The zero-order valence-electron chi connectivity index (χ0n) is 20.6. The van der Waals surface area contributed by atoms with Gasteiger partial charge in [-0.05, 0) is 73.0 Å². The van der Waals surface area contributed by atoms with E-state index in [0.717, 1.165) is 0 Å². The maximum absolute atomic E-state index is 12.2. The summed E-state index contributed by atoms with van der Waals surface area (Å²) in [5.74, 6) is 1.17. The zero-order chi connectivity index (χ0) is 27.3. The quantitative estimate of drug-likeness (QED) is 0.277. The summed E-state index contributed by atoms with van der Waals surface area (Å²) < 4.78 is 21.4. The van der Waals surface area contributed by atoms with E-state index in [2.05, 4.69) is 21.3 Å². The van der Waals surface area contributed by atoms with Crippen molar-refractivity contribution in [2.24, 2.45) is 0 Å². The highest BCUT2D eigenvalue weighted by atomic mass is 32.1. The highest BCUT2D eigenvalue weighted by Gasteiger charge is 2.10. The zero-order valence-corrected chi connectivity index (χ0v) is 22.2. The molecule has 4 N–H and O–H groups in total. The maximum Gasteiger partial charge on any atom is 0.264 e. The first kappa shape index (κ1) is 28.2. The lowest BCUT2D eigenvalue weighted by atomic mass is 10.3. The minimum Gasteiger partial charge on any atom is -0.495 e. The van der Waals surface area contributed by atoms with Crippen LogP contribution in [0.15, 0.2) is 72.8 Å². The molecule has 12 heteroatoms. The molecule has 0 aliphatic rings. The minimum absolute atomic E-state index is 0.114. The highest BCUT2D eigenvalue weighted by molar-refractivity contribution is 7.80. The third-order valence-corrected chi connectivity index (χ3v) is 5.19. The topological polar surface area (TPSA) is 119 Å². The van der Waals surface area contributed by atoms with Crippen molar-refractivity contribution in [1.29, 1.82) is 0 Å². The van der Waals surface area contributed by atoms with Gasteiger partial charge in [0.15, 0.2) is 23.4 Å². The molecular formula is C26H26N4O6S2. The molecule has 2 amide bonds. The number of para-hydroxylation sites is 4. The molecule has 0 saturated carbocycles. The summed E-state index contributed by atoms with van der Waals surface area (Å²) in [4.78, 5) is 24.3. The molecule has 0 bridgehead atoms. The Bertz CT molecular complexity index is 1190. The number of ether oxygens (including phenoxy) is 4. The molecular weight excluding hydrogens is 528 g/mol. The summed E-state index contributed by atoms with van der Waals surface area (Å²) in [6.07, 6.45) is 0. The molecule has 0 heterocycles. The number of hydrogen-bond donors (Lipinski definition) is 4. The average molecular weight is 555 g/mol. The predicted octanol–water partition coefficient (Wildman–Crippen LogP) is 3.49. The van der Waals surface area contributed by atoms with Gasteiger partial charge < -0.3 is 29.6 Å². The number of carbonyl (C=O) groups excluding carboxylic acids is 2. The number of anilines is 2. The smallest absolute Gasteiger partial charge is 0.264 e. The Labute approximate surface area is 230 Å². The predicted molar refractivity (Wildman–Crippen MR) is 152 cm³/mol. The molecule has 3 rings (SSSR count). The SMILES string of the molecule is COc1ccccc1NC(=S)NC(=O)COc1ccc(OCC(=O)NC(=S)Nc2ccccc2OC)cc1. The Kier molecular flexibility index (Phi) is 10.6. The lowest BCUT2D eigenvalue weighted by Crippen LogP contribution is -2.37. The number of rotatable bonds is 10. The van der Waals surface area contributed by atoms with Crippen molar-refractivity contribution >= 4 is 57.8 Å². The highest BCUT2D eigenvalue weighted by Crippen LogP contribution is 2.23. The van der Waals surface area contributed by atoms with Crippen molar-refractivity contribution < 1.29 is 28.5 Å². The van der Waals surface area contributed by atoms with E-state index in [4.69, 9.17) is 43.4 Å². The summed E-state index contributed by atoms with van der Waals surface area (Å²) in [5.41, 5.74) is 1.25. The van der Waals surface area contributed by atoms with Gasteiger partial charge >= 0.3 is 0 Å². The van der Waals surface area contributed by atoms with Crippen molar-refractivity contribution in [3.05, 3.63) is 72.8 Å². The van der Waals surface area contributed by atoms with Crippen LogP contribution in [-0.2, 0) is 9.59 Å². The second-order valence-electron chi connectivity index (χ2n) is 7.45. The summed E-state index contributed by atoms with van der Waals surface area (Å²) in [5, 5.41) is 11.1. The molecule has 0 spiro atoms. The summed E-state index contributed by atoms with van der Waals surface area (Å²) in [7, 11) is 3.08. The van der Waals surface area contributed by atoms with Crippen molar-refractivity contribution in [1.82, 2.24) is 10.6 Å². The molecule has 0 radical (unpaired) electrons. The van der Waals surface area contributed by atoms with Gasteiger partial charge in [0.1, 0.15) is 23.0 Å². The van der Waals surface area contributed by atoms with E-state index in [1.807, 2.05) is 24.3 Å². The number of methoxy groups -OCH3 is 2. The fourth-order valence-electron chi connectivity index (χ4n) is 3.06. The molecule has 10 nitrogen and oxygen atoms in total. The Balaban J connectivity index is 1.38. The molecule has 0 saturated heterocycles. The number of thiocarbonyl (C=S) groups is 2. The van der Waals surface area contributed by atoms with E-state index in [-0.39, 0.29) is 23.4 Å². The number of hydrogen-bond acceptors (Lipinski definition) is 8. The average Bonchev–Trinajstić information content (AvgIpc) is 2.91. The Morgan fingerprint density at radius 1 is 0.632 bits per heavy atom. The summed E-state index contributed by atoms with van der Waals surface area (Å²) in [6, 6.07) is 20.8. The van der Waals surface area contributed by atoms with Gasteiger partial charge in [0, 0.05) is 0 Å². The molecule has 0 aliphatic heterocycles.